The fourth-order valence-corrected chi connectivity index (χ4v) is 3.12. The molecule has 5 heteroatoms. The Hall–Kier alpha value is -2.14. The molecule has 0 aliphatic rings. The largest absolute Gasteiger partial charge is 0.497 e. The van der Waals surface area contributed by atoms with Gasteiger partial charge in [-0.25, -0.2) is 0 Å². The molecule has 4 nitrogen and oxygen atoms in total. The first-order chi connectivity index (χ1) is 12.1. The van der Waals surface area contributed by atoms with Gasteiger partial charge in [0.1, 0.15) is 11.5 Å². The van der Waals surface area contributed by atoms with Crippen molar-refractivity contribution in [3.05, 3.63) is 59.7 Å². The molecule has 25 heavy (non-hydrogen) atoms. The Bertz CT molecular complexity index is 690. The van der Waals surface area contributed by atoms with Crippen LogP contribution in [-0.2, 0) is 10.5 Å². The molecule has 2 aromatic rings. The second kappa shape index (κ2) is 9.99. The first-order valence-electron chi connectivity index (χ1n) is 8.30. The number of amides is 1. The Morgan fingerprint density at radius 3 is 2.68 bits per heavy atom. The monoisotopic (exact) mass is 359 g/mol. The van der Waals surface area contributed by atoms with Gasteiger partial charge >= 0.3 is 0 Å². The van der Waals surface area contributed by atoms with Gasteiger partial charge in [-0.2, -0.15) is 11.8 Å². The Balaban J connectivity index is 1.67. The van der Waals surface area contributed by atoms with E-state index in [2.05, 4.69) is 36.5 Å². The van der Waals surface area contributed by atoms with Crippen LogP contribution in [0.5, 0.6) is 11.5 Å². The van der Waals surface area contributed by atoms with E-state index in [-0.39, 0.29) is 5.91 Å². The zero-order valence-corrected chi connectivity index (χ0v) is 15.8. The number of nitrogens with one attached hydrogen (secondary N) is 1. The molecular weight excluding hydrogens is 334 g/mol. The molecular formula is C20H25NO3S. The van der Waals surface area contributed by atoms with Gasteiger partial charge in [-0.3, -0.25) is 4.79 Å². The molecule has 0 aliphatic carbocycles. The van der Waals surface area contributed by atoms with Crippen LogP contribution in [0, 0.1) is 6.92 Å². The fraction of sp³-hybridized carbons (Fsp3) is 0.350. The lowest BCUT2D eigenvalue weighted by Gasteiger charge is -2.15. The Kier molecular flexibility index (Phi) is 7.67. The van der Waals surface area contributed by atoms with Crippen LogP contribution in [0.1, 0.15) is 18.1 Å². The number of thioether (sulfide) groups is 1. The number of hydrogen-bond acceptors (Lipinski definition) is 4. The van der Waals surface area contributed by atoms with Gasteiger partial charge in [0.15, 0.2) is 6.10 Å². The average Bonchev–Trinajstić information content (AvgIpc) is 2.61. The number of methoxy groups -OCH3 is 1. The van der Waals surface area contributed by atoms with Crippen molar-refractivity contribution in [1.82, 2.24) is 5.32 Å². The van der Waals surface area contributed by atoms with Crippen LogP contribution in [0.15, 0.2) is 48.5 Å². The van der Waals surface area contributed by atoms with Gasteiger partial charge in [-0.15, -0.1) is 0 Å². The quantitative estimate of drug-likeness (QED) is 0.692. The van der Waals surface area contributed by atoms with E-state index in [1.54, 1.807) is 31.9 Å². The third kappa shape index (κ3) is 6.70. The lowest BCUT2D eigenvalue weighted by molar-refractivity contribution is -0.127. The molecule has 0 heterocycles. The van der Waals surface area contributed by atoms with Gasteiger partial charge in [-0.05, 0) is 31.5 Å². The SMILES string of the molecule is COc1cccc(O[C@H](C)C(=O)NCCSCc2cccc(C)c2)c1. The molecule has 0 aliphatic heterocycles. The smallest absolute Gasteiger partial charge is 0.260 e. The Labute approximate surface area is 153 Å². The molecule has 1 N–H and O–H groups in total. The van der Waals surface area contributed by atoms with Crippen molar-refractivity contribution in [2.75, 3.05) is 19.4 Å². The third-order valence-corrected chi connectivity index (χ3v) is 4.65. The second-order valence-corrected chi connectivity index (χ2v) is 6.88. The minimum atomic E-state index is -0.547. The number of hydrogen-bond donors (Lipinski definition) is 1. The molecule has 1 amide bonds. The van der Waals surface area contributed by atoms with Crippen LogP contribution in [0.2, 0.25) is 0 Å². The molecule has 0 aromatic heterocycles. The molecule has 0 saturated heterocycles. The van der Waals surface area contributed by atoms with E-state index >= 15 is 0 Å². The molecule has 0 bridgehead atoms. The number of benzene rings is 2. The zero-order chi connectivity index (χ0) is 18.1. The molecule has 0 saturated carbocycles. The maximum Gasteiger partial charge on any atom is 0.260 e. The Morgan fingerprint density at radius 2 is 1.92 bits per heavy atom. The predicted octanol–water partition coefficient (Wildman–Crippen LogP) is 3.82. The third-order valence-electron chi connectivity index (χ3n) is 3.62. The second-order valence-electron chi connectivity index (χ2n) is 5.77. The van der Waals surface area contributed by atoms with Crippen molar-refractivity contribution in [3.63, 3.8) is 0 Å². The molecule has 1 atom stereocenters. The first kappa shape index (κ1) is 19.2. The number of aryl methyl sites for hydroxylation is 1. The zero-order valence-electron chi connectivity index (χ0n) is 15.0. The van der Waals surface area contributed by atoms with Gasteiger partial charge in [-0.1, -0.05) is 35.9 Å². The van der Waals surface area contributed by atoms with E-state index in [0.29, 0.717) is 18.0 Å². The molecule has 2 rings (SSSR count). The summed E-state index contributed by atoms with van der Waals surface area (Å²) in [5.41, 5.74) is 2.58. The highest BCUT2D eigenvalue weighted by Gasteiger charge is 2.14. The summed E-state index contributed by atoms with van der Waals surface area (Å²) in [4.78, 5) is 12.1. The number of carbonyl (C=O) groups excluding carboxylic acids is 1. The highest BCUT2D eigenvalue weighted by molar-refractivity contribution is 7.98. The highest BCUT2D eigenvalue weighted by atomic mass is 32.2. The molecule has 0 radical (unpaired) electrons. The maximum atomic E-state index is 12.1. The van der Waals surface area contributed by atoms with Crippen LogP contribution in [-0.4, -0.2) is 31.4 Å². The molecule has 2 aromatic carbocycles. The first-order valence-corrected chi connectivity index (χ1v) is 9.45. The van der Waals surface area contributed by atoms with Gasteiger partial charge in [0.2, 0.25) is 0 Å². The lowest BCUT2D eigenvalue weighted by atomic mass is 10.2. The van der Waals surface area contributed by atoms with E-state index in [0.717, 1.165) is 11.5 Å². The summed E-state index contributed by atoms with van der Waals surface area (Å²) in [5, 5.41) is 2.91. The van der Waals surface area contributed by atoms with Crippen molar-refractivity contribution in [2.45, 2.75) is 25.7 Å². The van der Waals surface area contributed by atoms with Crippen molar-refractivity contribution >= 4 is 17.7 Å². The number of carbonyl (C=O) groups is 1. The van der Waals surface area contributed by atoms with Crippen LogP contribution < -0.4 is 14.8 Å². The molecule has 0 spiro atoms. The lowest BCUT2D eigenvalue weighted by Crippen LogP contribution is -2.37. The van der Waals surface area contributed by atoms with Crippen LogP contribution in [0.4, 0.5) is 0 Å². The summed E-state index contributed by atoms with van der Waals surface area (Å²) in [7, 11) is 1.60. The van der Waals surface area contributed by atoms with Crippen molar-refractivity contribution < 1.29 is 14.3 Å². The summed E-state index contributed by atoms with van der Waals surface area (Å²) < 4.78 is 10.8. The van der Waals surface area contributed by atoms with Gasteiger partial charge in [0, 0.05) is 24.1 Å². The minimum absolute atomic E-state index is 0.112. The topological polar surface area (TPSA) is 47.6 Å². The molecule has 0 unspecified atom stereocenters. The highest BCUT2D eigenvalue weighted by Crippen LogP contribution is 2.20. The standard InChI is InChI=1S/C20H25NO3S/c1-15-6-4-7-17(12-15)14-25-11-10-21-20(22)16(2)24-19-9-5-8-18(13-19)23-3/h4-9,12-13,16H,10-11,14H2,1-3H3,(H,21,22)/t16-/m1/s1. The normalized spacial score (nSPS) is 11.6. The summed E-state index contributed by atoms with van der Waals surface area (Å²) in [5.74, 6) is 3.03. The Morgan fingerprint density at radius 1 is 1.16 bits per heavy atom. The van der Waals surface area contributed by atoms with Crippen LogP contribution >= 0.6 is 11.8 Å². The van der Waals surface area contributed by atoms with Gasteiger partial charge < -0.3 is 14.8 Å². The van der Waals surface area contributed by atoms with E-state index in [1.165, 1.54) is 11.1 Å². The molecule has 134 valence electrons. The summed E-state index contributed by atoms with van der Waals surface area (Å²) in [6, 6.07) is 15.7. The summed E-state index contributed by atoms with van der Waals surface area (Å²) in [6.45, 7) is 4.47. The van der Waals surface area contributed by atoms with Crippen molar-refractivity contribution in [2.24, 2.45) is 0 Å². The van der Waals surface area contributed by atoms with Crippen molar-refractivity contribution in [1.29, 1.82) is 0 Å². The molecule has 0 fully saturated rings. The van der Waals surface area contributed by atoms with Gasteiger partial charge in [0.05, 0.1) is 7.11 Å². The van der Waals surface area contributed by atoms with E-state index in [4.69, 9.17) is 9.47 Å². The maximum absolute atomic E-state index is 12.1. The predicted molar refractivity (Wildman–Crippen MR) is 103 cm³/mol. The van der Waals surface area contributed by atoms with E-state index in [1.807, 2.05) is 18.2 Å². The number of rotatable bonds is 9. The van der Waals surface area contributed by atoms with E-state index < -0.39 is 6.10 Å². The fourth-order valence-electron chi connectivity index (χ4n) is 2.31. The van der Waals surface area contributed by atoms with Crippen LogP contribution in [0.25, 0.3) is 0 Å². The summed E-state index contributed by atoms with van der Waals surface area (Å²) in [6.07, 6.45) is -0.547. The summed E-state index contributed by atoms with van der Waals surface area (Å²) >= 11 is 1.81. The van der Waals surface area contributed by atoms with Crippen molar-refractivity contribution in [3.8, 4) is 11.5 Å². The number of ether oxygens (including phenoxy) is 2. The average molecular weight is 359 g/mol. The van der Waals surface area contributed by atoms with Crippen LogP contribution in [0.3, 0.4) is 0 Å². The van der Waals surface area contributed by atoms with Gasteiger partial charge in [0.25, 0.3) is 5.91 Å². The minimum Gasteiger partial charge on any atom is -0.497 e. The van der Waals surface area contributed by atoms with E-state index in [9.17, 15) is 4.79 Å².